The molecule has 17 heavy (non-hydrogen) atoms. The van der Waals surface area contributed by atoms with E-state index < -0.39 is 0 Å². The standard InChI is InChI=1S/C15H22N2/c1-2-3-4-5-6-9-12-17-15-11-8-7-10-14(15)13-16/h7-8,10-11,17H,2-6,9,12H2,1H3. The Kier molecular flexibility index (Phi) is 6.90. The maximum Gasteiger partial charge on any atom is 0.101 e. The lowest BCUT2D eigenvalue weighted by Crippen LogP contribution is -2.02. The molecule has 0 fully saturated rings. The molecule has 0 aliphatic heterocycles. The third-order valence-electron chi connectivity index (χ3n) is 2.89. The summed E-state index contributed by atoms with van der Waals surface area (Å²) in [6.07, 6.45) is 7.80. The molecular weight excluding hydrogens is 208 g/mol. The molecule has 0 aromatic heterocycles. The number of anilines is 1. The van der Waals surface area contributed by atoms with Gasteiger partial charge in [0.15, 0.2) is 0 Å². The van der Waals surface area contributed by atoms with Gasteiger partial charge >= 0.3 is 0 Å². The van der Waals surface area contributed by atoms with E-state index in [0.29, 0.717) is 0 Å². The minimum absolute atomic E-state index is 0.735. The van der Waals surface area contributed by atoms with Crippen molar-refractivity contribution < 1.29 is 0 Å². The van der Waals surface area contributed by atoms with Gasteiger partial charge in [0.25, 0.3) is 0 Å². The molecule has 0 saturated carbocycles. The van der Waals surface area contributed by atoms with Gasteiger partial charge in [0.2, 0.25) is 0 Å². The van der Waals surface area contributed by atoms with Crippen LogP contribution in [0.3, 0.4) is 0 Å². The van der Waals surface area contributed by atoms with Gasteiger partial charge in [-0.15, -0.1) is 0 Å². The molecule has 0 saturated heterocycles. The molecule has 0 aliphatic rings. The highest BCUT2D eigenvalue weighted by Gasteiger charge is 1.98. The molecule has 0 unspecified atom stereocenters. The number of para-hydroxylation sites is 1. The fourth-order valence-corrected chi connectivity index (χ4v) is 1.86. The SMILES string of the molecule is CCCCCCCCNc1ccccc1C#N. The van der Waals surface area contributed by atoms with Crippen LogP contribution in [0.4, 0.5) is 5.69 Å². The van der Waals surface area contributed by atoms with E-state index in [0.717, 1.165) is 17.8 Å². The quantitative estimate of drug-likeness (QED) is 0.675. The van der Waals surface area contributed by atoms with E-state index in [1.165, 1.54) is 38.5 Å². The molecule has 2 heteroatoms. The van der Waals surface area contributed by atoms with Crippen LogP contribution in [0.5, 0.6) is 0 Å². The van der Waals surface area contributed by atoms with Gasteiger partial charge in [-0.1, -0.05) is 51.2 Å². The largest absolute Gasteiger partial charge is 0.384 e. The maximum absolute atomic E-state index is 8.93. The van der Waals surface area contributed by atoms with Gasteiger partial charge in [-0.2, -0.15) is 5.26 Å². The smallest absolute Gasteiger partial charge is 0.101 e. The third kappa shape index (κ3) is 5.40. The molecule has 0 amide bonds. The van der Waals surface area contributed by atoms with Crippen LogP contribution < -0.4 is 5.32 Å². The van der Waals surface area contributed by atoms with Gasteiger partial charge < -0.3 is 5.32 Å². The highest BCUT2D eigenvalue weighted by molar-refractivity contribution is 5.56. The number of nitrogens with zero attached hydrogens (tertiary/aromatic N) is 1. The second kappa shape index (κ2) is 8.64. The Morgan fingerprint density at radius 3 is 2.53 bits per heavy atom. The summed E-state index contributed by atoms with van der Waals surface area (Å²) in [4.78, 5) is 0. The van der Waals surface area contributed by atoms with Crippen LogP contribution in [0.25, 0.3) is 0 Å². The van der Waals surface area contributed by atoms with E-state index in [9.17, 15) is 0 Å². The van der Waals surface area contributed by atoms with E-state index in [2.05, 4.69) is 18.3 Å². The minimum Gasteiger partial charge on any atom is -0.384 e. The van der Waals surface area contributed by atoms with E-state index >= 15 is 0 Å². The summed E-state index contributed by atoms with van der Waals surface area (Å²) >= 11 is 0. The van der Waals surface area contributed by atoms with Gasteiger partial charge in [-0.3, -0.25) is 0 Å². The molecule has 0 atom stereocenters. The Labute approximate surface area is 105 Å². The van der Waals surface area contributed by atoms with Crippen molar-refractivity contribution in [1.29, 1.82) is 5.26 Å². The summed E-state index contributed by atoms with van der Waals surface area (Å²) in [7, 11) is 0. The molecular formula is C15H22N2. The summed E-state index contributed by atoms with van der Waals surface area (Å²) in [5.74, 6) is 0. The van der Waals surface area contributed by atoms with Crippen molar-refractivity contribution in [2.24, 2.45) is 0 Å². The van der Waals surface area contributed by atoms with Crippen LogP contribution >= 0.6 is 0 Å². The zero-order chi connectivity index (χ0) is 12.3. The number of benzene rings is 1. The predicted molar refractivity (Wildman–Crippen MR) is 73.0 cm³/mol. The highest BCUT2D eigenvalue weighted by Crippen LogP contribution is 2.13. The van der Waals surface area contributed by atoms with Crippen molar-refractivity contribution in [1.82, 2.24) is 0 Å². The maximum atomic E-state index is 8.93. The first-order valence-electron chi connectivity index (χ1n) is 6.61. The average molecular weight is 230 g/mol. The summed E-state index contributed by atoms with van der Waals surface area (Å²) in [5.41, 5.74) is 1.70. The Hall–Kier alpha value is -1.49. The van der Waals surface area contributed by atoms with Gasteiger partial charge in [-0.25, -0.2) is 0 Å². The Balaban J connectivity index is 2.16. The topological polar surface area (TPSA) is 35.8 Å². The molecule has 1 aromatic rings. The number of nitriles is 1. The van der Waals surface area contributed by atoms with Crippen molar-refractivity contribution in [3.05, 3.63) is 29.8 Å². The van der Waals surface area contributed by atoms with Crippen molar-refractivity contribution in [3.63, 3.8) is 0 Å². The summed E-state index contributed by atoms with van der Waals surface area (Å²) < 4.78 is 0. The normalized spacial score (nSPS) is 9.88. The minimum atomic E-state index is 0.735. The molecule has 0 radical (unpaired) electrons. The van der Waals surface area contributed by atoms with Gasteiger partial charge in [0, 0.05) is 6.54 Å². The Morgan fingerprint density at radius 1 is 1.06 bits per heavy atom. The zero-order valence-electron chi connectivity index (χ0n) is 10.7. The van der Waals surface area contributed by atoms with E-state index in [1.54, 1.807) is 0 Å². The molecule has 0 spiro atoms. The number of hydrogen-bond acceptors (Lipinski definition) is 2. The number of unbranched alkanes of at least 4 members (excludes halogenated alkanes) is 5. The summed E-state index contributed by atoms with van der Waals surface area (Å²) in [5, 5.41) is 12.3. The summed E-state index contributed by atoms with van der Waals surface area (Å²) in [6, 6.07) is 9.88. The first-order chi connectivity index (χ1) is 8.38. The van der Waals surface area contributed by atoms with Crippen LogP contribution in [0.1, 0.15) is 51.0 Å². The van der Waals surface area contributed by atoms with E-state index in [-0.39, 0.29) is 0 Å². The fraction of sp³-hybridized carbons (Fsp3) is 0.533. The Morgan fingerprint density at radius 2 is 1.76 bits per heavy atom. The summed E-state index contributed by atoms with van der Waals surface area (Å²) in [6.45, 7) is 3.20. The lowest BCUT2D eigenvalue weighted by atomic mass is 10.1. The lowest BCUT2D eigenvalue weighted by Gasteiger charge is -2.07. The van der Waals surface area contributed by atoms with Gasteiger partial charge in [-0.05, 0) is 18.6 Å². The van der Waals surface area contributed by atoms with E-state index in [1.807, 2.05) is 24.3 Å². The zero-order valence-corrected chi connectivity index (χ0v) is 10.7. The molecule has 0 aliphatic carbocycles. The van der Waals surface area contributed by atoms with Crippen LogP contribution in [0, 0.1) is 11.3 Å². The molecule has 1 aromatic carbocycles. The highest BCUT2D eigenvalue weighted by atomic mass is 14.9. The first-order valence-corrected chi connectivity index (χ1v) is 6.61. The van der Waals surface area contributed by atoms with Crippen molar-refractivity contribution in [3.8, 4) is 6.07 Å². The first kappa shape index (κ1) is 13.6. The fourth-order valence-electron chi connectivity index (χ4n) is 1.86. The molecule has 0 heterocycles. The van der Waals surface area contributed by atoms with E-state index in [4.69, 9.17) is 5.26 Å². The second-order valence-electron chi connectivity index (χ2n) is 4.35. The average Bonchev–Trinajstić information content (AvgIpc) is 2.38. The molecule has 1 rings (SSSR count). The lowest BCUT2D eigenvalue weighted by molar-refractivity contribution is 0.617. The predicted octanol–water partition coefficient (Wildman–Crippen LogP) is 4.33. The monoisotopic (exact) mass is 230 g/mol. The van der Waals surface area contributed by atoms with Crippen LogP contribution in [0.15, 0.2) is 24.3 Å². The second-order valence-corrected chi connectivity index (χ2v) is 4.35. The van der Waals surface area contributed by atoms with Crippen molar-refractivity contribution in [2.75, 3.05) is 11.9 Å². The Bertz CT molecular complexity index is 352. The molecule has 0 bridgehead atoms. The van der Waals surface area contributed by atoms with Crippen LogP contribution in [0.2, 0.25) is 0 Å². The number of rotatable bonds is 8. The molecule has 1 N–H and O–H groups in total. The third-order valence-corrected chi connectivity index (χ3v) is 2.89. The molecule has 2 nitrogen and oxygen atoms in total. The van der Waals surface area contributed by atoms with Crippen LogP contribution in [-0.2, 0) is 0 Å². The van der Waals surface area contributed by atoms with Crippen molar-refractivity contribution >= 4 is 5.69 Å². The van der Waals surface area contributed by atoms with Crippen molar-refractivity contribution in [2.45, 2.75) is 45.4 Å². The molecule has 92 valence electrons. The van der Waals surface area contributed by atoms with Gasteiger partial charge in [0.05, 0.1) is 11.3 Å². The number of nitrogens with one attached hydrogen (secondary N) is 1. The number of hydrogen-bond donors (Lipinski definition) is 1. The van der Waals surface area contributed by atoms with Gasteiger partial charge in [0.1, 0.15) is 6.07 Å². The van der Waals surface area contributed by atoms with Crippen LogP contribution in [-0.4, -0.2) is 6.54 Å².